The van der Waals surface area contributed by atoms with E-state index < -0.39 is 39.4 Å². The Morgan fingerprint density at radius 2 is 2.00 bits per heavy atom. The topological polar surface area (TPSA) is 117 Å². The van der Waals surface area contributed by atoms with E-state index >= 15 is 0 Å². The molecular formula is C25H30O8S. The summed E-state index contributed by atoms with van der Waals surface area (Å²) in [6.45, 7) is 3.60. The zero-order valence-electron chi connectivity index (χ0n) is 19.8. The molecule has 0 radical (unpaired) electrons. The van der Waals surface area contributed by atoms with E-state index in [1.807, 2.05) is 13.0 Å². The lowest BCUT2D eigenvalue weighted by Gasteiger charge is -2.56. The summed E-state index contributed by atoms with van der Waals surface area (Å²) in [6, 6.07) is 1.81. The second-order valence-corrected chi connectivity index (χ2v) is 11.6. The molecule has 3 saturated carbocycles. The largest absolute Gasteiger partial charge is 0.469 e. The molecular weight excluding hydrogens is 460 g/mol. The van der Waals surface area contributed by atoms with Gasteiger partial charge >= 0.3 is 5.97 Å². The normalized spacial score (nSPS) is 35.5. The highest BCUT2D eigenvalue weighted by Crippen LogP contribution is 2.60. The van der Waals surface area contributed by atoms with E-state index in [1.54, 1.807) is 13.2 Å². The zero-order valence-corrected chi connectivity index (χ0v) is 20.6. The number of hydrogen-bond donors (Lipinski definition) is 0. The minimum Gasteiger partial charge on any atom is -0.469 e. The number of hydrogen-bond acceptors (Lipinski definition) is 8. The third-order valence-electron chi connectivity index (χ3n) is 8.09. The van der Waals surface area contributed by atoms with Gasteiger partial charge in [-0.05, 0) is 61.8 Å². The van der Waals surface area contributed by atoms with E-state index in [1.165, 1.54) is 7.11 Å². The SMILES string of the molecule is CC#Cc1occc1[C@H]1CC(=O)[C@@H]2CC[C@]3(C)[C@H](C(=O)[C@@H](OS(C)(=O)=O)C[C@H]3C(=O)OC)[C@H]2C1. The predicted molar refractivity (Wildman–Crippen MR) is 121 cm³/mol. The van der Waals surface area contributed by atoms with Crippen LogP contribution in [0.3, 0.4) is 0 Å². The van der Waals surface area contributed by atoms with Crippen molar-refractivity contribution in [3.8, 4) is 11.8 Å². The summed E-state index contributed by atoms with van der Waals surface area (Å²) < 4.78 is 39.5. The van der Waals surface area contributed by atoms with E-state index in [2.05, 4.69) is 11.8 Å². The lowest BCUT2D eigenvalue weighted by Crippen LogP contribution is -2.60. The molecule has 1 aromatic heterocycles. The second kappa shape index (κ2) is 8.97. The van der Waals surface area contributed by atoms with Crippen LogP contribution in [0.1, 0.15) is 63.2 Å². The Morgan fingerprint density at radius 1 is 1.26 bits per heavy atom. The first kappa shape index (κ1) is 24.7. The number of ketones is 2. The van der Waals surface area contributed by atoms with Crippen LogP contribution in [-0.4, -0.2) is 45.4 Å². The first-order valence-corrected chi connectivity index (χ1v) is 13.3. The van der Waals surface area contributed by atoms with Crippen LogP contribution in [0.5, 0.6) is 0 Å². The molecule has 0 aliphatic heterocycles. The van der Waals surface area contributed by atoms with Crippen LogP contribution < -0.4 is 0 Å². The number of rotatable bonds is 4. The van der Waals surface area contributed by atoms with Crippen LogP contribution in [-0.2, 0) is 33.4 Å². The predicted octanol–water partition coefficient (Wildman–Crippen LogP) is 2.85. The van der Waals surface area contributed by atoms with Crippen molar-refractivity contribution in [2.24, 2.45) is 29.1 Å². The van der Waals surface area contributed by atoms with Crippen LogP contribution in [0.2, 0.25) is 0 Å². The van der Waals surface area contributed by atoms with Gasteiger partial charge in [-0.15, -0.1) is 0 Å². The summed E-state index contributed by atoms with van der Waals surface area (Å²) in [7, 11) is -2.65. The Labute approximate surface area is 199 Å². The van der Waals surface area contributed by atoms with Crippen molar-refractivity contribution in [2.45, 2.75) is 58.0 Å². The monoisotopic (exact) mass is 490 g/mol. The molecule has 0 spiro atoms. The maximum Gasteiger partial charge on any atom is 0.309 e. The van der Waals surface area contributed by atoms with E-state index in [4.69, 9.17) is 13.3 Å². The molecule has 3 aliphatic carbocycles. The van der Waals surface area contributed by atoms with Gasteiger partial charge in [0.25, 0.3) is 10.1 Å². The highest BCUT2D eigenvalue weighted by molar-refractivity contribution is 7.86. The molecule has 9 heteroatoms. The average molecular weight is 491 g/mol. The first-order valence-electron chi connectivity index (χ1n) is 11.5. The molecule has 4 rings (SSSR count). The van der Waals surface area contributed by atoms with Gasteiger partial charge in [0.1, 0.15) is 11.9 Å². The Balaban J connectivity index is 1.76. The number of fused-ring (bicyclic) bond motifs is 3. The quantitative estimate of drug-likeness (QED) is 0.359. The number of carbonyl (C=O) groups excluding carboxylic acids is 3. The van der Waals surface area contributed by atoms with Crippen LogP contribution in [0.4, 0.5) is 0 Å². The molecule has 3 aliphatic rings. The summed E-state index contributed by atoms with van der Waals surface area (Å²) in [5.74, 6) is 3.26. The minimum atomic E-state index is -3.94. The summed E-state index contributed by atoms with van der Waals surface area (Å²) in [6.07, 6.45) is 3.06. The Morgan fingerprint density at radius 3 is 2.65 bits per heavy atom. The summed E-state index contributed by atoms with van der Waals surface area (Å²) >= 11 is 0. The molecule has 7 atom stereocenters. The first-order chi connectivity index (χ1) is 16.0. The summed E-state index contributed by atoms with van der Waals surface area (Å²) in [5.41, 5.74) is 0.0815. The molecule has 0 unspecified atom stereocenters. The van der Waals surface area contributed by atoms with Crippen LogP contribution in [0.15, 0.2) is 16.7 Å². The summed E-state index contributed by atoms with van der Waals surface area (Å²) in [5, 5.41) is 0. The molecule has 0 saturated heterocycles. The molecule has 8 nitrogen and oxygen atoms in total. The van der Waals surface area contributed by atoms with Crippen LogP contribution >= 0.6 is 0 Å². The third kappa shape index (κ3) is 4.22. The van der Waals surface area contributed by atoms with Gasteiger partial charge in [-0.2, -0.15) is 8.42 Å². The number of furan rings is 1. The van der Waals surface area contributed by atoms with Crippen molar-refractivity contribution in [3.05, 3.63) is 23.7 Å². The fraction of sp³-hybridized carbons (Fsp3) is 0.640. The van der Waals surface area contributed by atoms with Crippen molar-refractivity contribution in [1.82, 2.24) is 0 Å². The van der Waals surface area contributed by atoms with Gasteiger partial charge in [-0.3, -0.25) is 18.6 Å². The van der Waals surface area contributed by atoms with Crippen molar-refractivity contribution in [1.29, 1.82) is 0 Å². The lowest BCUT2D eigenvalue weighted by molar-refractivity contribution is -0.174. The highest BCUT2D eigenvalue weighted by Gasteiger charge is 2.62. The standard InChI is InChI=1S/C25H30O8S/c1-5-6-20-15(8-10-32-20)14-11-17-16(19(26)12-14)7-9-25(2)18(24(28)31-3)13-21(23(27)22(17)25)33-34(4,29)30/h8,10,14,16-18,21-22H,7,9,11-13H2,1-4H3/t14-,16-,17+,18+,21+,22+,25+/m1/s1. The maximum absolute atomic E-state index is 13.7. The molecule has 0 amide bonds. The van der Waals surface area contributed by atoms with Crippen molar-refractivity contribution >= 4 is 27.7 Å². The summed E-state index contributed by atoms with van der Waals surface area (Å²) in [4.78, 5) is 39.8. The third-order valence-corrected chi connectivity index (χ3v) is 8.67. The van der Waals surface area contributed by atoms with Crippen molar-refractivity contribution in [3.63, 3.8) is 0 Å². The molecule has 3 fully saturated rings. The fourth-order valence-electron chi connectivity index (χ4n) is 6.69. The van der Waals surface area contributed by atoms with Crippen LogP contribution in [0, 0.1) is 40.9 Å². The molecule has 0 aromatic carbocycles. The van der Waals surface area contributed by atoms with Gasteiger partial charge in [-0.1, -0.05) is 12.8 Å². The average Bonchev–Trinajstić information content (AvgIpc) is 3.22. The van der Waals surface area contributed by atoms with E-state index in [0.717, 1.165) is 11.8 Å². The molecule has 34 heavy (non-hydrogen) atoms. The van der Waals surface area contributed by atoms with Crippen molar-refractivity contribution < 1.29 is 36.1 Å². The van der Waals surface area contributed by atoms with Crippen molar-refractivity contribution in [2.75, 3.05) is 13.4 Å². The van der Waals surface area contributed by atoms with Gasteiger partial charge in [0.05, 0.1) is 25.5 Å². The molecule has 1 heterocycles. The van der Waals surface area contributed by atoms with Gasteiger partial charge < -0.3 is 9.15 Å². The Bertz CT molecular complexity index is 1170. The number of esters is 1. The molecule has 0 bridgehead atoms. The lowest BCUT2D eigenvalue weighted by atomic mass is 9.46. The van der Waals surface area contributed by atoms with Gasteiger partial charge in [0.2, 0.25) is 0 Å². The van der Waals surface area contributed by atoms with E-state index in [9.17, 15) is 22.8 Å². The number of carbonyl (C=O) groups is 3. The number of methoxy groups -OCH3 is 1. The maximum atomic E-state index is 13.7. The molecule has 184 valence electrons. The number of Topliss-reactive ketones (excluding diaryl/α,β-unsaturated/α-hetero) is 2. The van der Waals surface area contributed by atoms with Crippen LogP contribution in [0.25, 0.3) is 0 Å². The van der Waals surface area contributed by atoms with Gasteiger partial charge in [-0.25, -0.2) is 0 Å². The zero-order chi connectivity index (χ0) is 24.8. The van der Waals surface area contributed by atoms with E-state index in [-0.39, 0.29) is 35.7 Å². The van der Waals surface area contributed by atoms with E-state index in [0.29, 0.717) is 31.4 Å². The highest BCUT2D eigenvalue weighted by atomic mass is 32.2. The Kier molecular flexibility index (Phi) is 6.51. The smallest absolute Gasteiger partial charge is 0.309 e. The molecule has 1 aromatic rings. The molecule has 0 N–H and O–H groups in total. The second-order valence-electron chi connectivity index (χ2n) is 9.98. The van der Waals surface area contributed by atoms with Gasteiger partial charge in [0, 0.05) is 23.8 Å². The van der Waals surface area contributed by atoms with Gasteiger partial charge in [0.15, 0.2) is 11.5 Å². The Hall–Kier alpha value is -2.44. The fourth-order valence-corrected chi connectivity index (χ4v) is 7.28. The number of ether oxygens (including phenoxy) is 1. The minimum absolute atomic E-state index is 0.0572.